The summed E-state index contributed by atoms with van der Waals surface area (Å²) >= 11 is 0. The van der Waals surface area contributed by atoms with Crippen molar-refractivity contribution in [2.45, 2.75) is 117 Å². The highest BCUT2D eigenvalue weighted by Gasteiger charge is 2.44. The summed E-state index contributed by atoms with van der Waals surface area (Å²) < 4.78 is 0. The molecule has 0 aliphatic heterocycles. The Morgan fingerprint density at radius 2 is 1.39 bits per heavy atom. The summed E-state index contributed by atoms with van der Waals surface area (Å²) in [4.78, 5) is 63.9. The van der Waals surface area contributed by atoms with E-state index < -0.39 is 54.1 Å². The molecular formula is C34H56N4O8. The third-order valence-corrected chi connectivity index (χ3v) is 7.84. The molecule has 0 aromatic heterocycles. The summed E-state index contributed by atoms with van der Waals surface area (Å²) in [5.74, 6) is -7.20. The molecule has 260 valence electrons. The summed E-state index contributed by atoms with van der Waals surface area (Å²) in [6, 6.07) is 4.14. The van der Waals surface area contributed by atoms with Gasteiger partial charge in [-0.2, -0.15) is 0 Å². The van der Waals surface area contributed by atoms with Gasteiger partial charge in [-0.05, 0) is 42.6 Å². The Hall–Kier alpha value is -3.51. The van der Waals surface area contributed by atoms with Crippen LogP contribution in [0.25, 0.3) is 0 Å². The average molecular weight is 649 g/mol. The monoisotopic (exact) mass is 648 g/mol. The van der Waals surface area contributed by atoms with Crippen molar-refractivity contribution in [3.63, 3.8) is 0 Å². The maximum Gasteiger partial charge on any atom is 0.330 e. The Morgan fingerprint density at radius 1 is 0.783 bits per heavy atom. The van der Waals surface area contributed by atoms with Crippen molar-refractivity contribution in [2.75, 3.05) is 6.54 Å². The minimum atomic E-state index is -3.11. The van der Waals surface area contributed by atoms with Gasteiger partial charge in [0.15, 0.2) is 6.04 Å². The first-order valence-electron chi connectivity index (χ1n) is 16.4. The van der Waals surface area contributed by atoms with Crippen LogP contribution >= 0.6 is 0 Å². The SMILES string of the molecule is CCC[C@H](NC(=O)[C@H](CC(C)C)NC(=O)[C@@H](CCCCC(C)C)C(C)C)C(O)(O)C(=O)NCC(=O)N[C@H](C(=O)O)c1ccccc1. The molecule has 0 spiro atoms. The summed E-state index contributed by atoms with van der Waals surface area (Å²) in [7, 11) is 0. The number of aliphatic carboxylic acids is 1. The van der Waals surface area contributed by atoms with Gasteiger partial charge in [0.1, 0.15) is 6.04 Å². The molecule has 4 atom stereocenters. The third kappa shape index (κ3) is 13.9. The van der Waals surface area contributed by atoms with Crippen molar-refractivity contribution in [1.29, 1.82) is 0 Å². The number of hydrogen-bond acceptors (Lipinski definition) is 7. The molecule has 4 amide bonds. The second kappa shape index (κ2) is 19.9. The van der Waals surface area contributed by atoms with Crippen molar-refractivity contribution >= 4 is 29.6 Å². The first-order valence-corrected chi connectivity index (χ1v) is 16.4. The molecule has 0 heterocycles. The maximum atomic E-state index is 13.5. The number of carboxylic acids is 1. The van der Waals surface area contributed by atoms with E-state index in [9.17, 15) is 39.3 Å². The van der Waals surface area contributed by atoms with Crippen LogP contribution in [0, 0.1) is 23.7 Å². The highest BCUT2D eigenvalue weighted by molar-refractivity contribution is 5.92. The minimum absolute atomic E-state index is 0.000265. The smallest absolute Gasteiger partial charge is 0.330 e. The van der Waals surface area contributed by atoms with E-state index >= 15 is 0 Å². The molecule has 0 aliphatic rings. The van der Waals surface area contributed by atoms with E-state index in [4.69, 9.17) is 0 Å². The second-order valence-corrected chi connectivity index (χ2v) is 13.2. The molecular weight excluding hydrogens is 592 g/mol. The van der Waals surface area contributed by atoms with E-state index in [1.807, 2.05) is 27.7 Å². The van der Waals surface area contributed by atoms with Crippen LogP contribution in [0.2, 0.25) is 0 Å². The third-order valence-electron chi connectivity index (χ3n) is 7.84. The van der Waals surface area contributed by atoms with E-state index in [0.717, 1.165) is 19.3 Å². The Balaban J connectivity index is 2.97. The number of carbonyl (C=O) groups excluding carboxylic acids is 4. The van der Waals surface area contributed by atoms with Gasteiger partial charge in [-0.1, -0.05) is 104 Å². The molecule has 0 saturated carbocycles. The molecule has 0 radical (unpaired) electrons. The average Bonchev–Trinajstić information content (AvgIpc) is 2.97. The molecule has 12 heteroatoms. The largest absolute Gasteiger partial charge is 0.479 e. The van der Waals surface area contributed by atoms with E-state index in [0.29, 0.717) is 24.3 Å². The van der Waals surface area contributed by atoms with Crippen molar-refractivity contribution in [3.05, 3.63) is 35.9 Å². The minimum Gasteiger partial charge on any atom is -0.479 e. The van der Waals surface area contributed by atoms with Crippen LogP contribution in [0.4, 0.5) is 0 Å². The molecule has 46 heavy (non-hydrogen) atoms. The first kappa shape index (κ1) is 40.5. The van der Waals surface area contributed by atoms with Gasteiger partial charge in [0.2, 0.25) is 17.7 Å². The van der Waals surface area contributed by atoms with Gasteiger partial charge in [-0.25, -0.2) is 4.79 Å². The number of nitrogens with one attached hydrogen (secondary N) is 4. The fraction of sp³-hybridized carbons (Fsp3) is 0.676. The van der Waals surface area contributed by atoms with Gasteiger partial charge in [0.05, 0.1) is 12.6 Å². The predicted octanol–water partition coefficient (Wildman–Crippen LogP) is 3.03. The zero-order valence-corrected chi connectivity index (χ0v) is 28.5. The normalized spacial score (nSPS) is 14.3. The standard InChI is InChI=1S/C34H56N4O8/c1-8-14-27(34(45,46)33(44)35-20-28(39)38-29(32(42)43)24-16-10-9-11-17-24)37-31(41)26(19-22(4)5)36-30(40)25(23(6)7)18-13-12-15-21(2)3/h9-11,16-17,21-23,25-27,29,45-46H,8,12-15,18-20H2,1-7H3,(H,35,44)(H,36,40)(H,37,41)(H,38,39)(H,42,43)/t25-,26-,27-,29-/m0/s1. The van der Waals surface area contributed by atoms with Crippen LogP contribution in [0.5, 0.6) is 0 Å². The molecule has 0 aliphatic carbocycles. The fourth-order valence-electron chi connectivity index (χ4n) is 5.19. The summed E-state index contributed by atoms with van der Waals surface area (Å²) in [6.07, 6.45) is 4.32. The Bertz CT molecular complexity index is 1120. The molecule has 1 rings (SSSR count). The molecule has 1 aromatic carbocycles. The van der Waals surface area contributed by atoms with E-state index in [-0.39, 0.29) is 36.5 Å². The summed E-state index contributed by atoms with van der Waals surface area (Å²) in [5.41, 5.74) is 0.313. The van der Waals surface area contributed by atoms with E-state index in [2.05, 4.69) is 35.1 Å². The maximum absolute atomic E-state index is 13.5. The number of rotatable bonds is 21. The Kier molecular flexibility index (Phi) is 17.5. The van der Waals surface area contributed by atoms with Crippen LogP contribution in [-0.2, 0) is 24.0 Å². The van der Waals surface area contributed by atoms with Crippen LogP contribution in [0.15, 0.2) is 30.3 Å². The van der Waals surface area contributed by atoms with Crippen LogP contribution < -0.4 is 21.3 Å². The van der Waals surface area contributed by atoms with E-state index in [1.165, 1.54) is 12.1 Å². The van der Waals surface area contributed by atoms with Crippen LogP contribution in [0.3, 0.4) is 0 Å². The van der Waals surface area contributed by atoms with E-state index in [1.54, 1.807) is 25.1 Å². The van der Waals surface area contributed by atoms with Crippen molar-refractivity contribution in [2.24, 2.45) is 23.7 Å². The van der Waals surface area contributed by atoms with Gasteiger partial charge >= 0.3 is 5.97 Å². The number of aliphatic hydroxyl groups is 2. The first-order chi connectivity index (χ1) is 21.5. The number of hydrogen-bond donors (Lipinski definition) is 7. The fourth-order valence-corrected chi connectivity index (χ4v) is 5.19. The summed E-state index contributed by atoms with van der Waals surface area (Å²) in [5, 5.41) is 41.1. The van der Waals surface area contributed by atoms with Crippen molar-refractivity contribution in [3.8, 4) is 0 Å². The highest BCUT2D eigenvalue weighted by atomic mass is 16.5. The number of carboxylic acid groups (broad SMARTS) is 1. The predicted molar refractivity (Wildman–Crippen MR) is 175 cm³/mol. The van der Waals surface area contributed by atoms with Gasteiger partial charge in [0.25, 0.3) is 11.7 Å². The lowest BCUT2D eigenvalue weighted by atomic mass is 9.88. The topological polar surface area (TPSA) is 194 Å². The molecule has 0 saturated heterocycles. The zero-order valence-electron chi connectivity index (χ0n) is 28.5. The highest BCUT2D eigenvalue weighted by Crippen LogP contribution is 2.22. The number of amides is 4. The van der Waals surface area contributed by atoms with Gasteiger partial charge in [-0.15, -0.1) is 0 Å². The quantitative estimate of drug-likeness (QED) is 0.0781. The van der Waals surface area contributed by atoms with Crippen LogP contribution in [0.1, 0.15) is 105 Å². The van der Waals surface area contributed by atoms with Crippen LogP contribution in [-0.4, -0.2) is 69.3 Å². The molecule has 12 nitrogen and oxygen atoms in total. The van der Waals surface area contributed by atoms with Crippen molar-refractivity contribution in [1.82, 2.24) is 21.3 Å². The van der Waals surface area contributed by atoms with Crippen molar-refractivity contribution < 1.29 is 39.3 Å². The lowest BCUT2D eigenvalue weighted by Crippen LogP contribution is -2.63. The van der Waals surface area contributed by atoms with Gasteiger partial charge in [-0.3, -0.25) is 19.2 Å². The number of benzene rings is 1. The summed E-state index contributed by atoms with van der Waals surface area (Å²) in [6.45, 7) is 13.0. The Morgan fingerprint density at radius 3 is 1.91 bits per heavy atom. The zero-order chi connectivity index (χ0) is 35.0. The van der Waals surface area contributed by atoms with Gasteiger partial charge in [0, 0.05) is 5.92 Å². The molecule has 0 bridgehead atoms. The number of unbranched alkanes of at least 4 members (excludes halogenated alkanes) is 1. The lowest BCUT2D eigenvalue weighted by Gasteiger charge is -2.32. The molecule has 0 unspecified atom stereocenters. The lowest BCUT2D eigenvalue weighted by molar-refractivity contribution is -0.197. The van der Waals surface area contributed by atoms with Gasteiger partial charge < -0.3 is 36.6 Å². The second-order valence-electron chi connectivity index (χ2n) is 13.2. The number of carbonyl (C=O) groups is 5. The molecule has 7 N–H and O–H groups in total. The Labute approximate surface area is 273 Å². The molecule has 0 fully saturated rings. The molecule has 1 aromatic rings.